The highest BCUT2D eigenvalue weighted by atomic mass is 16.5. The Labute approximate surface area is 278 Å². The highest BCUT2D eigenvalue weighted by Crippen LogP contribution is 2.42. The number of aromatic nitrogens is 1. The van der Waals surface area contributed by atoms with E-state index in [4.69, 9.17) is 20.4 Å². The van der Waals surface area contributed by atoms with Crippen molar-refractivity contribution in [3.05, 3.63) is 158 Å². The lowest BCUT2D eigenvalue weighted by molar-refractivity contribution is 0.463. The van der Waals surface area contributed by atoms with Crippen molar-refractivity contribution in [2.45, 2.75) is 0 Å². The van der Waals surface area contributed by atoms with Crippen LogP contribution < -0.4 is 25.9 Å². The largest absolute Gasteiger partial charge is 0.458 e. The average Bonchev–Trinajstić information content (AvgIpc) is 3.57. The number of rotatable bonds is 3. The minimum atomic E-state index is -0.496. The second-order valence-electron chi connectivity index (χ2n) is 11.5. The zero-order chi connectivity index (χ0) is 37.2. The van der Waals surface area contributed by atoms with Gasteiger partial charge < -0.3 is 14.0 Å². The van der Waals surface area contributed by atoms with E-state index >= 15 is 0 Å². The molecule has 0 N–H and O–H groups in total. The summed E-state index contributed by atoms with van der Waals surface area (Å²) in [5, 5.41) is 0.00423. The Morgan fingerprint density at radius 1 is 0.500 bits per heavy atom. The molecule has 3 nitrogen and oxygen atoms in total. The summed E-state index contributed by atoms with van der Waals surface area (Å²) in [6.07, 6.45) is 0. The number of hydrogen-bond donors (Lipinski definition) is 0. The monoisotopic (exact) mass is 595 g/mol. The summed E-state index contributed by atoms with van der Waals surface area (Å²) < 4.78 is 85.2. The first kappa shape index (κ1) is 18.7. The van der Waals surface area contributed by atoms with Crippen molar-refractivity contribution in [2.24, 2.45) is 0 Å². The van der Waals surface area contributed by atoms with Crippen LogP contribution in [-0.2, 0) is 0 Å². The normalized spacial score (nSPS) is 15.1. The summed E-state index contributed by atoms with van der Waals surface area (Å²) in [6, 6.07) is 32.4. The molecule has 7 aromatic carbocycles. The topological polar surface area (TPSA) is 23.4 Å². The van der Waals surface area contributed by atoms with E-state index in [1.807, 2.05) is 60.7 Å². The first-order valence-corrected chi connectivity index (χ1v) is 15.1. The third kappa shape index (κ3) is 3.67. The second-order valence-corrected chi connectivity index (χ2v) is 11.5. The molecule has 0 bridgehead atoms. The maximum absolute atomic E-state index is 9.10. The maximum Gasteiger partial charge on any atom is 0.260 e. The van der Waals surface area contributed by atoms with E-state index in [1.165, 1.54) is 4.57 Å². The minimum Gasteiger partial charge on any atom is -0.458 e. The van der Waals surface area contributed by atoms with Gasteiger partial charge in [-0.2, -0.15) is 0 Å². The molecule has 0 amide bonds. The highest BCUT2D eigenvalue weighted by Gasteiger charge is 2.42. The van der Waals surface area contributed by atoms with E-state index in [1.54, 1.807) is 12.1 Å². The number of nitrogens with zero attached hydrogens (tertiary/aromatic N) is 1. The molecule has 0 aliphatic carbocycles. The summed E-state index contributed by atoms with van der Waals surface area (Å²) in [7, 11) is 0. The van der Waals surface area contributed by atoms with Crippen molar-refractivity contribution in [2.75, 3.05) is 0 Å². The van der Waals surface area contributed by atoms with Gasteiger partial charge in [-0.1, -0.05) is 121 Å². The molecule has 3 heterocycles. The van der Waals surface area contributed by atoms with Gasteiger partial charge in [0.05, 0.1) is 27.7 Å². The van der Waals surface area contributed by atoms with Crippen LogP contribution in [-0.4, -0.2) is 11.3 Å². The molecule has 0 fully saturated rings. The van der Waals surface area contributed by atoms with Crippen LogP contribution in [0.1, 0.15) is 11.0 Å². The SMILES string of the molecule is [2H]c1c([2H])c([2H])c2c(c1[2H])c1c([2H])c([2H])c([2H])c([2H])c1n2-c1ccc2c3c1Oc1ccc(-c4ccccc4)cc1B3c1cc(-c3ccccc3)ccc1O2. The fraction of sp³-hybridized carbons (Fsp3) is 0. The van der Waals surface area contributed by atoms with Crippen LogP contribution in [0, 0.1) is 0 Å². The van der Waals surface area contributed by atoms with E-state index < -0.39 is 43.0 Å². The first-order chi connectivity index (χ1) is 26.1. The molecule has 214 valence electrons. The van der Waals surface area contributed by atoms with Crippen molar-refractivity contribution < 1.29 is 20.4 Å². The highest BCUT2D eigenvalue weighted by molar-refractivity contribution is 6.98. The molecule has 0 saturated heterocycles. The van der Waals surface area contributed by atoms with Crippen LogP contribution in [0.25, 0.3) is 49.7 Å². The lowest BCUT2D eigenvalue weighted by Gasteiger charge is -2.34. The maximum atomic E-state index is 9.10. The molecular weight excluding hydrogens is 561 g/mol. The van der Waals surface area contributed by atoms with Gasteiger partial charge in [-0.05, 0) is 69.5 Å². The molecule has 0 saturated carbocycles. The van der Waals surface area contributed by atoms with E-state index in [-0.39, 0.29) is 33.9 Å². The van der Waals surface area contributed by atoms with Gasteiger partial charge in [-0.25, -0.2) is 0 Å². The Balaban J connectivity index is 1.32. The molecule has 0 spiro atoms. The number of fused-ring (bicyclic) bond motifs is 7. The van der Waals surface area contributed by atoms with Gasteiger partial charge in [0.25, 0.3) is 6.71 Å². The third-order valence-corrected chi connectivity index (χ3v) is 8.99. The summed E-state index contributed by atoms with van der Waals surface area (Å²) in [4.78, 5) is 0. The van der Waals surface area contributed by atoms with Gasteiger partial charge in [0.1, 0.15) is 23.0 Å². The van der Waals surface area contributed by atoms with Crippen LogP contribution in [0.5, 0.6) is 23.0 Å². The predicted octanol–water partition coefficient (Wildman–Crippen LogP) is 8.85. The molecule has 0 radical (unpaired) electrons. The van der Waals surface area contributed by atoms with Gasteiger partial charge in [0.15, 0.2) is 0 Å². The Hall–Kier alpha value is -6.00. The molecule has 0 unspecified atom stereocenters. The van der Waals surface area contributed by atoms with Crippen LogP contribution >= 0.6 is 0 Å². The molecule has 0 atom stereocenters. The number of benzene rings is 7. The standard InChI is InChI=1S/C42H26BNO2/c1-3-11-27(12-4-1)29-19-22-38-33(25-29)43-34-26-30(28-13-5-2-6-14-28)20-23-39(34)46-42-37(21-24-40(45-38)41(42)43)44-35-17-9-7-15-31(35)32-16-8-10-18-36(32)44/h1-26H/i7D,8D,9D,10D,15D,16D,17D,18D. The molecule has 2 aliphatic rings. The molecule has 1 aromatic heterocycles. The number of hydrogen-bond acceptors (Lipinski definition) is 2. The summed E-state index contributed by atoms with van der Waals surface area (Å²) in [6.45, 7) is -0.398. The van der Waals surface area contributed by atoms with Gasteiger partial charge >= 0.3 is 0 Å². The number of ether oxygens (including phenoxy) is 2. The van der Waals surface area contributed by atoms with Crippen LogP contribution in [0.15, 0.2) is 158 Å². The molecule has 46 heavy (non-hydrogen) atoms. The van der Waals surface area contributed by atoms with Crippen molar-refractivity contribution in [3.8, 4) is 50.9 Å². The molecular formula is C42H26BNO2. The zero-order valence-electron chi connectivity index (χ0n) is 32.2. The Bertz CT molecular complexity index is 2800. The van der Waals surface area contributed by atoms with E-state index in [2.05, 4.69) is 36.4 Å². The Morgan fingerprint density at radius 3 is 1.61 bits per heavy atom. The van der Waals surface area contributed by atoms with Crippen LogP contribution in [0.2, 0.25) is 0 Å². The van der Waals surface area contributed by atoms with Crippen molar-refractivity contribution >= 4 is 44.9 Å². The van der Waals surface area contributed by atoms with E-state index in [0.717, 1.165) is 33.2 Å². The smallest absolute Gasteiger partial charge is 0.260 e. The van der Waals surface area contributed by atoms with E-state index in [0.29, 0.717) is 34.1 Å². The lowest BCUT2D eigenvalue weighted by atomic mass is 9.34. The van der Waals surface area contributed by atoms with Crippen molar-refractivity contribution in [1.29, 1.82) is 0 Å². The van der Waals surface area contributed by atoms with Crippen LogP contribution in [0.3, 0.4) is 0 Å². The van der Waals surface area contributed by atoms with Gasteiger partial charge in [0, 0.05) is 16.2 Å². The summed E-state index contributed by atoms with van der Waals surface area (Å²) in [5.41, 5.74) is 6.98. The number of para-hydroxylation sites is 2. The fourth-order valence-electron chi connectivity index (χ4n) is 6.94. The van der Waals surface area contributed by atoms with Gasteiger partial charge in [-0.3, -0.25) is 0 Å². The molecule has 4 heteroatoms. The minimum absolute atomic E-state index is 0.00211. The van der Waals surface area contributed by atoms with Crippen molar-refractivity contribution in [1.82, 2.24) is 4.57 Å². The zero-order valence-corrected chi connectivity index (χ0v) is 24.2. The molecule has 2 aliphatic heterocycles. The summed E-state index contributed by atoms with van der Waals surface area (Å²) >= 11 is 0. The first-order valence-electron chi connectivity index (χ1n) is 19.1. The van der Waals surface area contributed by atoms with Crippen LogP contribution in [0.4, 0.5) is 0 Å². The van der Waals surface area contributed by atoms with Crippen molar-refractivity contribution in [3.63, 3.8) is 0 Å². The third-order valence-electron chi connectivity index (χ3n) is 8.99. The lowest BCUT2D eigenvalue weighted by Crippen LogP contribution is -2.57. The molecule has 8 aromatic rings. The van der Waals surface area contributed by atoms with Gasteiger partial charge in [-0.15, -0.1) is 0 Å². The average molecular weight is 596 g/mol. The quantitative estimate of drug-likeness (QED) is 0.191. The predicted molar refractivity (Wildman–Crippen MR) is 189 cm³/mol. The molecule has 10 rings (SSSR count). The van der Waals surface area contributed by atoms with Gasteiger partial charge in [0.2, 0.25) is 0 Å². The Kier molecular flexibility index (Phi) is 3.97. The second kappa shape index (κ2) is 9.75. The summed E-state index contributed by atoms with van der Waals surface area (Å²) in [5.74, 6) is 2.16. The van der Waals surface area contributed by atoms with E-state index in [9.17, 15) is 0 Å². The Morgan fingerprint density at radius 2 is 1.02 bits per heavy atom. The fourth-order valence-corrected chi connectivity index (χ4v) is 6.94.